The van der Waals surface area contributed by atoms with E-state index in [2.05, 4.69) is 10.6 Å². The third-order valence-electron chi connectivity index (χ3n) is 5.99. The summed E-state index contributed by atoms with van der Waals surface area (Å²) < 4.78 is 24.4. The minimum Gasteiger partial charge on any atom is -0.493 e. The molecule has 0 radical (unpaired) electrons. The van der Waals surface area contributed by atoms with Crippen LogP contribution in [0.5, 0.6) is 11.5 Å². The van der Waals surface area contributed by atoms with Crippen LogP contribution in [0.25, 0.3) is 12.2 Å². The predicted octanol–water partition coefficient (Wildman–Crippen LogP) is 6.15. The number of carbonyl (C=O) groups excluding carboxylic acids is 3. The Morgan fingerprint density at radius 3 is 2.12 bits per heavy atom. The van der Waals surface area contributed by atoms with E-state index in [1.54, 1.807) is 91.0 Å². The Morgan fingerprint density at radius 1 is 0.756 bits per heavy atom. The van der Waals surface area contributed by atoms with Crippen LogP contribution < -0.4 is 20.1 Å². The third kappa shape index (κ3) is 7.54. The van der Waals surface area contributed by atoms with E-state index in [1.807, 2.05) is 0 Å². The summed E-state index contributed by atoms with van der Waals surface area (Å²) in [5.74, 6) is -0.819. The molecular formula is C33H27FN2O5. The van der Waals surface area contributed by atoms with E-state index < -0.39 is 17.6 Å². The van der Waals surface area contributed by atoms with Crippen molar-refractivity contribution >= 4 is 35.4 Å². The average Bonchev–Trinajstić information content (AvgIpc) is 3.00. The van der Waals surface area contributed by atoms with Gasteiger partial charge in [-0.15, -0.1) is 0 Å². The molecule has 0 bridgehead atoms. The largest absolute Gasteiger partial charge is 0.493 e. The second kappa shape index (κ2) is 13.5. The molecule has 0 atom stereocenters. The molecule has 0 fully saturated rings. The number of hydrogen-bond donors (Lipinski definition) is 2. The number of ether oxygens (including phenoxy) is 2. The highest BCUT2D eigenvalue weighted by atomic mass is 19.1. The molecule has 41 heavy (non-hydrogen) atoms. The van der Waals surface area contributed by atoms with Gasteiger partial charge in [-0.3, -0.25) is 14.4 Å². The first-order valence-corrected chi connectivity index (χ1v) is 12.6. The number of halogens is 1. The van der Waals surface area contributed by atoms with Crippen molar-refractivity contribution < 1.29 is 28.2 Å². The average molecular weight is 551 g/mol. The lowest BCUT2D eigenvalue weighted by Crippen LogP contribution is -2.30. The zero-order valence-electron chi connectivity index (χ0n) is 22.4. The monoisotopic (exact) mass is 550 g/mol. The van der Waals surface area contributed by atoms with E-state index in [4.69, 9.17) is 9.47 Å². The normalized spacial score (nSPS) is 11.1. The Hall–Kier alpha value is -5.50. The Kier molecular flexibility index (Phi) is 9.41. The molecule has 0 spiro atoms. The van der Waals surface area contributed by atoms with Gasteiger partial charge in [0.1, 0.15) is 11.5 Å². The molecule has 0 aromatic heterocycles. The fourth-order valence-electron chi connectivity index (χ4n) is 3.84. The van der Waals surface area contributed by atoms with Crippen molar-refractivity contribution in [3.8, 4) is 11.5 Å². The number of benzene rings is 4. The summed E-state index contributed by atoms with van der Waals surface area (Å²) in [7, 11) is 3.02. The first-order chi connectivity index (χ1) is 19.9. The van der Waals surface area contributed by atoms with Crippen LogP contribution in [0, 0.1) is 5.82 Å². The van der Waals surface area contributed by atoms with Crippen molar-refractivity contribution in [3.63, 3.8) is 0 Å². The molecule has 0 heterocycles. The van der Waals surface area contributed by atoms with Gasteiger partial charge in [0.2, 0.25) is 0 Å². The molecule has 0 aliphatic carbocycles. The molecule has 0 saturated carbocycles. The number of methoxy groups -OCH3 is 2. The molecule has 0 aliphatic rings. The molecule has 2 amide bonds. The van der Waals surface area contributed by atoms with E-state index in [-0.39, 0.29) is 11.5 Å². The SMILES string of the molecule is COc1ccc(/C=C(\NC(=O)c2ccccc2)C(=O)Nc2ccc(C(=O)/C=C/c3ccccc3F)cc2)cc1OC. The second-order valence-electron chi connectivity index (χ2n) is 8.74. The van der Waals surface area contributed by atoms with Crippen molar-refractivity contribution in [3.05, 3.63) is 137 Å². The summed E-state index contributed by atoms with van der Waals surface area (Å²) in [6.07, 6.45) is 4.21. The first-order valence-electron chi connectivity index (χ1n) is 12.6. The van der Waals surface area contributed by atoms with Crippen LogP contribution in [0.1, 0.15) is 31.8 Å². The van der Waals surface area contributed by atoms with Gasteiger partial charge in [-0.2, -0.15) is 0 Å². The molecule has 4 rings (SSSR count). The van der Waals surface area contributed by atoms with E-state index in [9.17, 15) is 18.8 Å². The molecule has 2 N–H and O–H groups in total. The number of anilines is 1. The third-order valence-corrected chi connectivity index (χ3v) is 5.99. The first kappa shape index (κ1) is 28.5. The number of nitrogens with one attached hydrogen (secondary N) is 2. The highest BCUT2D eigenvalue weighted by Gasteiger charge is 2.16. The van der Waals surface area contributed by atoms with Gasteiger partial charge in [0.05, 0.1) is 14.2 Å². The lowest BCUT2D eigenvalue weighted by molar-refractivity contribution is -0.113. The second-order valence-corrected chi connectivity index (χ2v) is 8.74. The Labute approximate surface area is 236 Å². The fourth-order valence-corrected chi connectivity index (χ4v) is 3.84. The maximum Gasteiger partial charge on any atom is 0.272 e. The van der Waals surface area contributed by atoms with Crippen LogP contribution >= 0.6 is 0 Å². The maximum absolute atomic E-state index is 13.8. The minimum atomic E-state index is -0.581. The summed E-state index contributed by atoms with van der Waals surface area (Å²) in [5, 5.41) is 5.42. The van der Waals surface area contributed by atoms with E-state index >= 15 is 0 Å². The minimum absolute atomic E-state index is 0.0148. The van der Waals surface area contributed by atoms with Gasteiger partial charge in [0.15, 0.2) is 17.3 Å². The molecule has 206 valence electrons. The molecule has 4 aromatic carbocycles. The summed E-state index contributed by atoms with van der Waals surface area (Å²) in [6, 6.07) is 26.0. The molecule has 0 saturated heterocycles. The molecule has 0 unspecified atom stereocenters. The smallest absolute Gasteiger partial charge is 0.272 e. The van der Waals surface area contributed by atoms with E-state index in [0.717, 1.165) is 0 Å². The highest BCUT2D eigenvalue weighted by molar-refractivity contribution is 6.11. The highest BCUT2D eigenvalue weighted by Crippen LogP contribution is 2.28. The summed E-state index contributed by atoms with van der Waals surface area (Å²) in [4.78, 5) is 38.8. The van der Waals surface area contributed by atoms with Crippen LogP contribution in [0.2, 0.25) is 0 Å². The lowest BCUT2D eigenvalue weighted by Gasteiger charge is -2.13. The molecular weight excluding hydrogens is 523 g/mol. The zero-order chi connectivity index (χ0) is 29.2. The molecule has 8 heteroatoms. The van der Waals surface area contributed by atoms with Crippen molar-refractivity contribution in [2.75, 3.05) is 19.5 Å². The Bertz CT molecular complexity index is 1610. The predicted molar refractivity (Wildman–Crippen MR) is 156 cm³/mol. The molecule has 4 aromatic rings. The number of rotatable bonds is 10. The van der Waals surface area contributed by atoms with Crippen molar-refractivity contribution in [2.24, 2.45) is 0 Å². The van der Waals surface area contributed by atoms with Gasteiger partial charge in [-0.1, -0.05) is 42.5 Å². The Balaban J connectivity index is 1.54. The molecule has 0 aliphatic heterocycles. The van der Waals surface area contributed by atoms with Crippen LogP contribution in [0.4, 0.5) is 10.1 Å². The topological polar surface area (TPSA) is 93.7 Å². The van der Waals surface area contributed by atoms with E-state index in [1.165, 1.54) is 38.5 Å². The quantitative estimate of drug-likeness (QED) is 0.183. The Morgan fingerprint density at radius 2 is 1.44 bits per heavy atom. The fraction of sp³-hybridized carbons (Fsp3) is 0.0606. The zero-order valence-corrected chi connectivity index (χ0v) is 22.4. The number of carbonyl (C=O) groups is 3. The van der Waals surface area contributed by atoms with Gasteiger partial charge in [-0.25, -0.2) is 4.39 Å². The lowest BCUT2D eigenvalue weighted by atomic mass is 10.1. The van der Waals surface area contributed by atoms with Crippen LogP contribution in [-0.2, 0) is 4.79 Å². The van der Waals surface area contributed by atoms with Gasteiger partial charge in [0, 0.05) is 22.4 Å². The van der Waals surface area contributed by atoms with Gasteiger partial charge < -0.3 is 20.1 Å². The van der Waals surface area contributed by atoms with E-state index in [0.29, 0.717) is 39.4 Å². The summed E-state index contributed by atoms with van der Waals surface area (Å²) in [5.41, 5.74) is 2.01. The van der Waals surface area contributed by atoms with Crippen molar-refractivity contribution in [2.45, 2.75) is 0 Å². The van der Waals surface area contributed by atoms with Crippen LogP contribution in [-0.4, -0.2) is 31.8 Å². The number of amides is 2. The number of ketones is 1. The maximum atomic E-state index is 13.8. The van der Waals surface area contributed by atoms with Crippen LogP contribution in [0.15, 0.2) is 109 Å². The molecule has 7 nitrogen and oxygen atoms in total. The summed E-state index contributed by atoms with van der Waals surface area (Å²) >= 11 is 0. The van der Waals surface area contributed by atoms with Gasteiger partial charge in [0.25, 0.3) is 11.8 Å². The van der Waals surface area contributed by atoms with Crippen LogP contribution in [0.3, 0.4) is 0 Å². The summed E-state index contributed by atoms with van der Waals surface area (Å²) in [6.45, 7) is 0. The number of allylic oxidation sites excluding steroid dienone is 1. The van der Waals surface area contributed by atoms with Crippen molar-refractivity contribution in [1.82, 2.24) is 5.32 Å². The van der Waals surface area contributed by atoms with Crippen molar-refractivity contribution in [1.29, 1.82) is 0 Å². The standard InChI is InChI=1S/C33H27FN2O5/c1-40-30-19-12-22(21-31(30)41-2)20-28(36-32(38)25-9-4-3-5-10-25)33(39)35-26-16-13-24(14-17-26)29(37)18-15-23-8-6-7-11-27(23)34/h3-21H,1-2H3,(H,35,39)(H,36,38)/b18-15+,28-20-. The van der Waals surface area contributed by atoms with Gasteiger partial charge >= 0.3 is 0 Å². The van der Waals surface area contributed by atoms with Gasteiger partial charge in [-0.05, 0) is 78.4 Å². The number of hydrogen-bond acceptors (Lipinski definition) is 5.